The molecule has 0 amide bonds. The van der Waals surface area contributed by atoms with Gasteiger partial charge in [0.1, 0.15) is 13.2 Å². The molecule has 0 saturated carbocycles. The van der Waals surface area contributed by atoms with Crippen molar-refractivity contribution in [2.75, 3.05) is 47.5 Å². The highest BCUT2D eigenvalue weighted by Crippen LogP contribution is 2.17. The van der Waals surface area contributed by atoms with Crippen molar-refractivity contribution in [3.05, 3.63) is 97.2 Å². The fraction of sp³-hybridized carbons (Fsp3) is 0.740. The molecule has 0 aliphatic heterocycles. The number of unbranched alkanes of at least 4 members (excludes halogenated alkanes) is 31. The van der Waals surface area contributed by atoms with E-state index >= 15 is 0 Å². The first-order chi connectivity index (χ1) is 40.1. The second kappa shape index (κ2) is 63.2. The molecule has 0 aromatic rings. The van der Waals surface area contributed by atoms with Crippen LogP contribution in [-0.4, -0.2) is 82.3 Å². The van der Waals surface area contributed by atoms with Gasteiger partial charge in [0, 0.05) is 12.8 Å². The number of allylic oxidation sites excluding steroid dienone is 16. The summed E-state index contributed by atoms with van der Waals surface area (Å²) < 4.78 is 22.8. The minimum Gasteiger partial charge on any atom is -0.545 e. The predicted molar refractivity (Wildman–Crippen MR) is 347 cm³/mol. The van der Waals surface area contributed by atoms with Gasteiger partial charge < -0.3 is 33.3 Å². The normalized spacial score (nSPS) is 13.3. The Morgan fingerprint density at radius 2 is 0.695 bits per heavy atom. The second-order valence-corrected chi connectivity index (χ2v) is 23.7. The van der Waals surface area contributed by atoms with Crippen LogP contribution in [-0.2, 0) is 33.3 Å². The summed E-state index contributed by atoms with van der Waals surface area (Å²) in [5.41, 5.74) is 0. The molecule has 82 heavy (non-hydrogen) atoms. The molecule has 0 aromatic heterocycles. The van der Waals surface area contributed by atoms with E-state index in [0.717, 1.165) is 89.9 Å². The first-order valence-corrected chi connectivity index (χ1v) is 33.9. The van der Waals surface area contributed by atoms with Gasteiger partial charge in [-0.3, -0.25) is 9.59 Å². The number of hydrogen-bond acceptors (Lipinski definition) is 8. The number of esters is 2. The van der Waals surface area contributed by atoms with E-state index in [-0.39, 0.29) is 38.6 Å². The zero-order valence-electron chi connectivity index (χ0n) is 53.8. The van der Waals surface area contributed by atoms with Crippen molar-refractivity contribution >= 4 is 17.9 Å². The van der Waals surface area contributed by atoms with Crippen LogP contribution in [0.2, 0.25) is 0 Å². The third-order valence-electron chi connectivity index (χ3n) is 14.6. The van der Waals surface area contributed by atoms with Crippen LogP contribution in [0.1, 0.15) is 290 Å². The van der Waals surface area contributed by atoms with E-state index in [0.29, 0.717) is 17.4 Å². The average molecular weight is 1150 g/mol. The predicted octanol–water partition coefficient (Wildman–Crippen LogP) is 19.5. The lowest BCUT2D eigenvalue weighted by atomic mass is 10.0. The molecule has 0 bridgehead atoms. The highest BCUT2D eigenvalue weighted by molar-refractivity contribution is 5.70. The van der Waals surface area contributed by atoms with Crippen molar-refractivity contribution in [2.45, 2.75) is 302 Å². The van der Waals surface area contributed by atoms with Crippen molar-refractivity contribution in [1.82, 2.24) is 0 Å². The molecule has 0 fully saturated rings. The maximum atomic E-state index is 12.9. The molecule has 2 unspecified atom stereocenters. The fourth-order valence-corrected chi connectivity index (χ4v) is 9.40. The first-order valence-electron chi connectivity index (χ1n) is 33.9. The van der Waals surface area contributed by atoms with Gasteiger partial charge in [0.25, 0.3) is 0 Å². The van der Waals surface area contributed by atoms with Gasteiger partial charge in [-0.25, -0.2) is 0 Å². The van der Waals surface area contributed by atoms with E-state index in [9.17, 15) is 19.5 Å². The highest BCUT2D eigenvalue weighted by atomic mass is 16.7. The fourth-order valence-electron chi connectivity index (χ4n) is 9.40. The van der Waals surface area contributed by atoms with Gasteiger partial charge in [0.15, 0.2) is 12.4 Å². The van der Waals surface area contributed by atoms with Crippen LogP contribution in [0, 0.1) is 0 Å². The summed E-state index contributed by atoms with van der Waals surface area (Å²) in [6.07, 6.45) is 83.4. The van der Waals surface area contributed by atoms with Gasteiger partial charge in [-0.15, -0.1) is 0 Å². The summed E-state index contributed by atoms with van der Waals surface area (Å²) in [6.45, 7) is 4.63. The lowest BCUT2D eigenvalue weighted by Crippen LogP contribution is -2.44. The largest absolute Gasteiger partial charge is 0.545 e. The summed E-state index contributed by atoms with van der Waals surface area (Å²) in [5.74, 6) is -2.28. The summed E-state index contributed by atoms with van der Waals surface area (Å²) >= 11 is 0. The van der Waals surface area contributed by atoms with E-state index < -0.39 is 24.3 Å². The standard InChI is InChI=1S/C73H127NO8/c1-6-8-10-12-14-16-18-20-22-24-26-27-28-29-30-31-32-33-34-35-36-37-38-39-40-41-42-43-44-45-46-48-50-52-54-56-58-60-62-64-71(76)82-69(68-81-73(72(77)78)79-66-65-74(3,4)5)67-80-70(75)63-61-59-57-55-53-51-49-47-25-23-21-19-17-15-13-11-9-7-2/h8,10,14,16-17,19-20,22-23,25-27,29-30,32-33,69,73H,6-7,9,11-13,15,18,21,24,28,31,34-68H2,1-5H3/b10-8-,16-14-,19-17-,22-20-,25-23-,27-26-,30-29-,33-32-. The van der Waals surface area contributed by atoms with E-state index in [2.05, 4.69) is 111 Å². The van der Waals surface area contributed by atoms with E-state index in [1.807, 2.05) is 21.1 Å². The molecule has 0 rings (SSSR count). The number of nitrogens with zero attached hydrogens (tertiary/aromatic N) is 1. The van der Waals surface area contributed by atoms with Gasteiger partial charge in [-0.1, -0.05) is 278 Å². The molecule has 0 heterocycles. The van der Waals surface area contributed by atoms with Crippen molar-refractivity contribution in [1.29, 1.82) is 0 Å². The van der Waals surface area contributed by atoms with Crippen molar-refractivity contribution in [3.63, 3.8) is 0 Å². The zero-order valence-corrected chi connectivity index (χ0v) is 53.8. The monoisotopic (exact) mass is 1150 g/mol. The van der Waals surface area contributed by atoms with Gasteiger partial charge in [0.2, 0.25) is 0 Å². The van der Waals surface area contributed by atoms with Crippen LogP contribution in [0.4, 0.5) is 0 Å². The van der Waals surface area contributed by atoms with Crippen LogP contribution >= 0.6 is 0 Å². The number of carboxylic acids is 1. The molecule has 472 valence electrons. The molecule has 9 nitrogen and oxygen atoms in total. The lowest BCUT2D eigenvalue weighted by molar-refractivity contribution is -0.870. The molecule has 2 atom stereocenters. The van der Waals surface area contributed by atoms with Gasteiger partial charge in [-0.2, -0.15) is 0 Å². The third kappa shape index (κ3) is 63.8. The van der Waals surface area contributed by atoms with Crippen LogP contribution < -0.4 is 5.11 Å². The van der Waals surface area contributed by atoms with Gasteiger partial charge in [0.05, 0.1) is 40.3 Å². The molecule has 0 N–H and O–H groups in total. The Balaban J connectivity index is 4.04. The van der Waals surface area contributed by atoms with Gasteiger partial charge in [-0.05, 0) is 96.3 Å². The Kier molecular flexibility index (Phi) is 60.3. The van der Waals surface area contributed by atoms with E-state index in [1.165, 1.54) is 167 Å². The van der Waals surface area contributed by atoms with E-state index in [1.54, 1.807) is 0 Å². The number of carbonyl (C=O) groups excluding carboxylic acids is 3. The molecule has 0 saturated heterocycles. The molecule has 0 radical (unpaired) electrons. The van der Waals surface area contributed by atoms with Crippen LogP contribution in [0.3, 0.4) is 0 Å². The summed E-state index contributed by atoms with van der Waals surface area (Å²) in [4.78, 5) is 37.4. The Labute approximate surface area is 505 Å². The number of carboxylic acid groups (broad SMARTS) is 1. The number of quaternary nitrogens is 1. The quantitative estimate of drug-likeness (QED) is 0.0195. The molecule has 0 aliphatic carbocycles. The summed E-state index contributed by atoms with van der Waals surface area (Å²) in [7, 11) is 5.93. The Morgan fingerprint density at radius 1 is 0.378 bits per heavy atom. The Hall–Kier alpha value is -3.79. The second-order valence-electron chi connectivity index (χ2n) is 23.7. The van der Waals surface area contributed by atoms with Crippen molar-refractivity contribution in [2.24, 2.45) is 0 Å². The average Bonchev–Trinajstić information content (AvgIpc) is 3.45. The lowest BCUT2D eigenvalue weighted by Gasteiger charge is -2.26. The number of rotatable bonds is 62. The third-order valence-corrected chi connectivity index (χ3v) is 14.6. The number of carbonyl (C=O) groups is 3. The summed E-state index contributed by atoms with van der Waals surface area (Å²) in [6, 6.07) is 0. The van der Waals surface area contributed by atoms with Crippen LogP contribution in [0.5, 0.6) is 0 Å². The molecule has 0 aromatic carbocycles. The highest BCUT2D eigenvalue weighted by Gasteiger charge is 2.22. The topological polar surface area (TPSA) is 111 Å². The van der Waals surface area contributed by atoms with Gasteiger partial charge >= 0.3 is 11.9 Å². The minimum absolute atomic E-state index is 0.145. The molecular weight excluding hydrogens is 1020 g/mol. The SMILES string of the molecule is CC/C=C\C/C=C\C/C=C\C/C=C\C/C=C\C/C=C\CCCCCCCCCCCCCCCCCCCCCCC(=O)OC(COC(=O)CCCCCCCCC/C=C\C/C=C\CCCCCC)COC(OCC[N+](C)(C)C)C(=O)[O-]. The van der Waals surface area contributed by atoms with Crippen molar-refractivity contribution < 1.29 is 42.9 Å². The van der Waals surface area contributed by atoms with Crippen LogP contribution in [0.25, 0.3) is 0 Å². The number of ether oxygens (including phenoxy) is 4. The zero-order chi connectivity index (χ0) is 59.8. The Morgan fingerprint density at radius 3 is 1.04 bits per heavy atom. The molecule has 0 spiro atoms. The Bertz CT molecular complexity index is 1670. The van der Waals surface area contributed by atoms with Crippen molar-refractivity contribution in [3.8, 4) is 0 Å². The maximum Gasteiger partial charge on any atom is 0.306 e. The molecular formula is C73H127NO8. The summed E-state index contributed by atoms with van der Waals surface area (Å²) in [5, 5.41) is 11.8. The minimum atomic E-state index is -1.63. The number of aliphatic carboxylic acids is 1. The number of hydrogen-bond donors (Lipinski definition) is 0. The molecule has 0 aliphatic rings. The number of likely N-dealkylation sites (N-methyl/N-ethyl adjacent to an activating group) is 1. The maximum absolute atomic E-state index is 12.9. The smallest absolute Gasteiger partial charge is 0.306 e. The van der Waals surface area contributed by atoms with E-state index in [4.69, 9.17) is 18.9 Å². The molecule has 9 heteroatoms. The van der Waals surface area contributed by atoms with Crippen LogP contribution in [0.15, 0.2) is 97.2 Å². The first kappa shape index (κ1) is 78.2.